The molecule has 1 heterocycles. The topological polar surface area (TPSA) is 39.9 Å². The van der Waals surface area contributed by atoms with Gasteiger partial charge in [-0.25, -0.2) is 4.68 Å². The summed E-state index contributed by atoms with van der Waals surface area (Å²) in [6, 6.07) is 16.1. The number of benzene rings is 2. The number of para-hydroxylation sites is 1. The first kappa shape index (κ1) is 13.4. The molecule has 0 N–H and O–H groups in total. The molecule has 3 aromatic rings. The van der Waals surface area contributed by atoms with E-state index in [2.05, 4.69) is 29.4 Å². The second kappa shape index (κ2) is 5.79. The molecule has 0 amide bonds. The van der Waals surface area contributed by atoms with Crippen molar-refractivity contribution in [2.24, 2.45) is 0 Å². The third-order valence-electron chi connectivity index (χ3n) is 3.50. The molecule has 0 saturated heterocycles. The number of aryl methyl sites for hydroxylation is 1. The van der Waals surface area contributed by atoms with Crippen molar-refractivity contribution in [2.45, 2.75) is 13.3 Å². The molecule has 0 aliphatic carbocycles. The lowest BCUT2D eigenvalue weighted by Crippen LogP contribution is -1.99. The van der Waals surface area contributed by atoms with Gasteiger partial charge < -0.3 is 4.74 Å². The summed E-state index contributed by atoms with van der Waals surface area (Å²) in [7, 11) is 1.66. The summed E-state index contributed by atoms with van der Waals surface area (Å²) in [5.74, 6) is 0.836. The first-order valence-electron chi connectivity index (χ1n) is 6.97. The van der Waals surface area contributed by atoms with Crippen LogP contribution in [0.25, 0.3) is 16.9 Å². The maximum atomic E-state index is 5.17. The summed E-state index contributed by atoms with van der Waals surface area (Å²) in [5, 5.41) is 8.52. The minimum atomic E-state index is 0.836. The van der Waals surface area contributed by atoms with Gasteiger partial charge in [0.2, 0.25) is 0 Å². The van der Waals surface area contributed by atoms with E-state index in [0.29, 0.717) is 0 Å². The maximum absolute atomic E-state index is 5.17. The Bertz CT molecular complexity index is 732. The standard InChI is InChI=1S/C17H17N3O/c1-3-13-6-4-5-7-17(13)20-12-16(18-19-20)14-8-10-15(21-2)11-9-14/h4-12H,3H2,1-2H3. The van der Waals surface area contributed by atoms with Gasteiger partial charge in [0.1, 0.15) is 11.4 Å². The van der Waals surface area contributed by atoms with E-state index in [4.69, 9.17) is 4.74 Å². The van der Waals surface area contributed by atoms with Crippen LogP contribution < -0.4 is 4.74 Å². The van der Waals surface area contributed by atoms with E-state index in [0.717, 1.165) is 29.1 Å². The second-order valence-electron chi connectivity index (χ2n) is 4.76. The Kier molecular flexibility index (Phi) is 3.69. The number of nitrogens with zero attached hydrogens (tertiary/aromatic N) is 3. The molecule has 0 unspecified atom stereocenters. The van der Waals surface area contributed by atoms with Crippen LogP contribution in [0.15, 0.2) is 54.7 Å². The van der Waals surface area contributed by atoms with E-state index in [1.165, 1.54) is 5.56 Å². The van der Waals surface area contributed by atoms with E-state index < -0.39 is 0 Å². The number of methoxy groups -OCH3 is 1. The van der Waals surface area contributed by atoms with Crippen molar-refractivity contribution in [3.63, 3.8) is 0 Å². The molecule has 106 valence electrons. The van der Waals surface area contributed by atoms with Gasteiger partial charge >= 0.3 is 0 Å². The Balaban J connectivity index is 1.95. The minimum absolute atomic E-state index is 0.836. The lowest BCUT2D eigenvalue weighted by atomic mass is 10.1. The Morgan fingerprint density at radius 2 is 1.81 bits per heavy atom. The van der Waals surface area contributed by atoms with Gasteiger partial charge in [0.05, 0.1) is 19.0 Å². The summed E-state index contributed by atoms with van der Waals surface area (Å²) in [6.07, 6.45) is 2.92. The molecular formula is C17H17N3O. The molecule has 3 rings (SSSR count). The highest BCUT2D eigenvalue weighted by Crippen LogP contribution is 2.22. The van der Waals surface area contributed by atoms with E-state index in [1.54, 1.807) is 7.11 Å². The van der Waals surface area contributed by atoms with Crippen molar-refractivity contribution in [1.29, 1.82) is 0 Å². The van der Waals surface area contributed by atoms with Gasteiger partial charge in [-0.05, 0) is 42.3 Å². The molecule has 0 atom stereocenters. The average molecular weight is 279 g/mol. The Labute approximate surface area is 124 Å². The molecule has 1 aromatic heterocycles. The van der Waals surface area contributed by atoms with Crippen LogP contribution in [0, 0.1) is 0 Å². The predicted octanol–water partition coefficient (Wildman–Crippen LogP) is 3.51. The normalized spacial score (nSPS) is 10.6. The molecule has 4 nitrogen and oxygen atoms in total. The third-order valence-corrected chi connectivity index (χ3v) is 3.50. The van der Waals surface area contributed by atoms with Crippen LogP contribution in [-0.2, 0) is 6.42 Å². The minimum Gasteiger partial charge on any atom is -0.497 e. The van der Waals surface area contributed by atoms with Crippen LogP contribution in [0.1, 0.15) is 12.5 Å². The number of ether oxygens (including phenoxy) is 1. The summed E-state index contributed by atoms with van der Waals surface area (Å²) < 4.78 is 7.00. The van der Waals surface area contributed by atoms with Gasteiger partial charge in [-0.15, -0.1) is 5.10 Å². The van der Waals surface area contributed by atoms with Crippen LogP contribution in [0.3, 0.4) is 0 Å². The van der Waals surface area contributed by atoms with Gasteiger partial charge in [0.25, 0.3) is 0 Å². The smallest absolute Gasteiger partial charge is 0.118 e. The largest absolute Gasteiger partial charge is 0.497 e. The van der Waals surface area contributed by atoms with E-state index >= 15 is 0 Å². The van der Waals surface area contributed by atoms with Gasteiger partial charge in [-0.3, -0.25) is 0 Å². The first-order chi connectivity index (χ1) is 10.3. The highest BCUT2D eigenvalue weighted by Gasteiger charge is 2.08. The van der Waals surface area contributed by atoms with Crippen LogP contribution in [0.4, 0.5) is 0 Å². The number of rotatable bonds is 4. The fraction of sp³-hybridized carbons (Fsp3) is 0.176. The lowest BCUT2D eigenvalue weighted by Gasteiger charge is -2.05. The summed E-state index contributed by atoms with van der Waals surface area (Å²) in [5.41, 5.74) is 4.20. The van der Waals surface area contributed by atoms with Crippen LogP contribution >= 0.6 is 0 Å². The SMILES string of the molecule is CCc1ccccc1-n1cc(-c2ccc(OC)cc2)nn1. The number of aromatic nitrogens is 3. The fourth-order valence-corrected chi connectivity index (χ4v) is 2.31. The highest BCUT2D eigenvalue weighted by atomic mass is 16.5. The molecule has 0 saturated carbocycles. The molecule has 0 aliphatic heterocycles. The molecule has 0 spiro atoms. The van der Waals surface area contributed by atoms with Crippen molar-refractivity contribution in [1.82, 2.24) is 15.0 Å². The Morgan fingerprint density at radius 1 is 1.05 bits per heavy atom. The molecular weight excluding hydrogens is 262 g/mol. The van der Waals surface area contributed by atoms with Crippen molar-refractivity contribution in [3.8, 4) is 22.7 Å². The fourth-order valence-electron chi connectivity index (χ4n) is 2.31. The lowest BCUT2D eigenvalue weighted by molar-refractivity contribution is 0.415. The van der Waals surface area contributed by atoms with Gasteiger partial charge in [0.15, 0.2) is 0 Å². The zero-order valence-corrected chi connectivity index (χ0v) is 12.2. The quantitative estimate of drug-likeness (QED) is 0.733. The van der Waals surface area contributed by atoms with Gasteiger partial charge in [-0.1, -0.05) is 30.3 Å². The second-order valence-corrected chi connectivity index (χ2v) is 4.76. The maximum Gasteiger partial charge on any atom is 0.118 e. The van der Waals surface area contributed by atoms with Crippen molar-refractivity contribution < 1.29 is 4.74 Å². The van der Waals surface area contributed by atoms with Crippen molar-refractivity contribution in [3.05, 3.63) is 60.3 Å². The van der Waals surface area contributed by atoms with Gasteiger partial charge in [0, 0.05) is 5.56 Å². The zero-order chi connectivity index (χ0) is 14.7. The number of hydrogen-bond donors (Lipinski definition) is 0. The highest BCUT2D eigenvalue weighted by molar-refractivity contribution is 5.59. The third kappa shape index (κ3) is 2.65. The van der Waals surface area contributed by atoms with Crippen LogP contribution in [-0.4, -0.2) is 22.1 Å². The Morgan fingerprint density at radius 3 is 2.52 bits per heavy atom. The van der Waals surface area contributed by atoms with Crippen LogP contribution in [0.2, 0.25) is 0 Å². The zero-order valence-electron chi connectivity index (χ0n) is 12.2. The summed E-state index contributed by atoms with van der Waals surface area (Å²) in [4.78, 5) is 0. The van der Waals surface area contributed by atoms with Crippen LogP contribution in [0.5, 0.6) is 5.75 Å². The van der Waals surface area contributed by atoms with E-state index in [9.17, 15) is 0 Å². The molecule has 4 heteroatoms. The van der Waals surface area contributed by atoms with Gasteiger partial charge in [-0.2, -0.15) is 0 Å². The first-order valence-corrected chi connectivity index (χ1v) is 6.97. The molecule has 0 bridgehead atoms. The molecule has 0 radical (unpaired) electrons. The van der Waals surface area contributed by atoms with Crippen molar-refractivity contribution in [2.75, 3.05) is 7.11 Å². The average Bonchev–Trinajstić information content (AvgIpc) is 3.04. The number of hydrogen-bond acceptors (Lipinski definition) is 3. The predicted molar refractivity (Wildman–Crippen MR) is 82.7 cm³/mol. The summed E-state index contributed by atoms with van der Waals surface area (Å²) in [6.45, 7) is 2.14. The Hall–Kier alpha value is -2.62. The van der Waals surface area contributed by atoms with E-state index in [-0.39, 0.29) is 0 Å². The summed E-state index contributed by atoms with van der Waals surface area (Å²) >= 11 is 0. The molecule has 0 fully saturated rings. The van der Waals surface area contributed by atoms with Crippen molar-refractivity contribution >= 4 is 0 Å². The molecule has 21 heavy (non-hydrogen) atoms. The molecule has 2 aromatic carbocycles. The van der Waals surface area contributed by atoms with E-state index in [1.807, 2.05) is 47.3 Å². The molecule has 0 aliphatic rings. The monoisotopic (exact) mass is 279 g/mol.